The van der Waals surface area contributed by atoms with Gasteiger partial charge in [0.2, 0.25) is 0 Å². The predicted molar refractivity (Wildman–Crippen MR) is 184 cm³/mol. The molecule has 2 rings (SSSR count). The van der Waals surface area contributed by atoms with Gasteiger partial charge in [0.1, 0.15) is 17.8 Å². The van der Waals surface area contributed by atoms with Crippen molar-refractivity contribution >= 4 is 59.6 Å². The van der Waals surface area contributed by atoms with Gasteiger partial charge < -0.3 is 14.0 Å². The number of esters is 2. The standard InChI is InChI=1S/C31H50N2O5P2S2/c1-21(2)39(41)32-23(4)29(35)37-22(3)18-19-31(9,10)40(42,33-24(5)28(34)36-20-30(6,7)8)38-27-17-13-15-25-14-11-12-16-26(25)27/h11-17,21-24,39H,18-20H2,1-10H3,(H,32,41)(H,33,42)/t22?,23-,24-,40?/m0/s1. The van der Waals surface area contributed by atoms with E-state index in [1.165, 1.54) is 0 Å². The molecule has 2 aromatic carbocycles. The maximum Gasteiger partial charge on any atom is 0.323 e. The van der Waals surface area contributed by atoms with E-state index in [9.17, 15) is 9.59 Å². The fourth-order valence-corrected chi connectivity index (χ4v) is 8.48. The Bertz CT molecular complexity index is 1290. The molecule has 0 spiro atoms. The molecule has 3 unspecified atom stereocenters. The van der Waals surface area contributed by atoms with Gasteiger partial charge in [-0.2, -0.15) is 0 Å². The highest BCUT2D eigenvalue weighted by Gasteiger charge is 2.41. The number of benzene rings is 2. The maximum atomic E-state index is 13.0. The van der Waals surface area contributed by atoms with Crippen molar-refractivity contribution < 1.29 is 23.6 Å². The SMILES string of the molecule is CC(CCC(C)(C)P(=S)(N[C@@H](C)C(=O)OCC(C)(C)C)Oc1cccc2ccccc12)OC(=O)[C@H](C)N[PH](=S)C(C)C. The van der Waals surface area contributed by atoms with Crippen molar-refractivity contribution in [3.63, 3.8) is 0 Å². The van der Waals surface area contributed by atoms with Gasteiger partial charge in [-0.05, 0) is 67.9 Å². The minimum Gasteiger partial charge on any atom is -0.464 e. The van der Waals surface area contributed by atoms with E-state index in [1.807, 2.05) is 84.0 Å². The van der Waals surface area contributed by atoms with Crippen LogP contribution in [0.15, 0.2) is 42.5 Å². The maximum absolute atomic E-state index is 13.0. The second kappa shape index (κ2) is 15.6. The van der Waals surface area contributed by atoms with Crippen LogP contribution in [0.25, 0.3) is 10.8 Å². The molecule has 0 aliphatic heterocycles. The summed E-state index contributed by atoms with van der Waals surface area (Å²) in [5.41, 5.74) is 0.169. The van der Waals surface area contributed by atoms with Crippen LogP contribution >= 0.6 is 13.3 Å². The molecule has 0 bridgehead atoms. The Morgan fingerprint density at radius 2 is 1.55 bits per heavy atom. The van der Waals surface area contributed by atoms with Gasteiger partial charge in [-0.25, -0.2) is 5.09 Å². The van der Waals surface area contributed by atoms with Crippen molar-refractivity contribution in [3.05, 3.63) is 42.5 Å². The van der Waals surface area contributed by atoms with Crippen molar-refractivity contribution in [2.45, 2.75) is 111 Å². The highest BCUT2D eigenvalue weighted by molar-refractivity contribution is 8.12. The zero-order valence-corrected chi connectivity index (χ0v) is 30.3. The molecule has 0 radical (unpaired) electrons. The van der Waals surface area contributed by atoms with Gasteiger partial charge in [0.05, 0.1) is 12.7 Å². The third kappa shape index (κ3) is 11.0. The molecule has 0 aliphatic carbocycles. The van der Waals surface area contributed by atoms with Crippen molar-refractivity contribution in [2.75, 3.05) is 6.61 Å². The zero-order valence-electron chi connectivity index (χ0n) is 26.8. The summed E-state index contributed by atoms with van der Waals surface area (Å²) in [6.07, 6.45) is -2.11. The minimum absolute atomic E-state index is 0.155. The summed E-state index contributed by atoms with van der Waals surface area (Å²) in [5.74, 6) is -0.0179. The number of ether oxygens (including phenoxy) is 2. The van der Waals surface area contributed by atoms with Crippen LogP contribution in [-0.2, 0) is 42.7 Å². The van der Waals surface area contributed by atoms with Crippen LogP contribution in [0.2, 0.25) is 0 Å². The number of carbonyl (C=O) groups excluding carboxylic acids is 2. The minimum atomic E-state index is -2.94. The third-order valence-corrected chi connectivity index (χ3v) is 15.4. The Kier molecular flexibility index (Phi) is 13.7. The molecule has 42 heavy (non-hydrogen) atoms. The number of hydrogen-bond donors (Lipinski definition) is 2. The van der Waals surface area contributed by atoms with Crippen LogP contribution in [-0.4, -0.2) is 47.5 Å². The van der Waals surface area contributed by atoms with E-state index in [2.05, 4.69) is 24.0 Å². The van der Waals surface area contributed by atoms with E-state index >= 15 is 0 Å². The highest BCUT2D eigenvalue weighted by atomic mass is 32.4. The largest absolute Gasteiger partial charge is 0.464 e. The lowest BCUT2D eigenvalue weighted by atomic mass is 9.99. The molecular weight excluding hydrogens is 606 g/mol. The monoisotopic (exact) mass is 656 g/mol. The lowest BCUT2D eigenvalue weighted by molar-refractivity contribution is -0.150. The summed E-state index contributed by atoms with van der Waals surface area (Å²) in [6.45, 7) is 18.7. The molecule has 0 saturated carbocycles. The van der Waals surface area contributed by atoms with E-state index < -0.39 is 30.5 Å². The first-order valence-corrected chi connectivity index (χ1v) is 20.0. The van der Waals surface area contributed by atoms with Crippen molar-refractivity contribution in [3.8, 4) is 5.75 Å². The van der Waals surface area contributed by atoms with Crippen LogP contribution in [0.4, 0.5) is 0 Å². The van der Waals surface area contributed by atoms with Gasteiger partial charge in [-0.1, -0.05) is 96.7 Å². The van der Waals surface area contributed by atoms with E-state index in [-0.39, 0.29) is 23.5 Å². The first-order chi connectivity index (χ1) is 19.3. The van der Waals surface area contributed by atoms with Crippen LogP contribution < -0.4 is 14.7 Å². The lowest BCUT2D eigenvalue weighted by Crippen LogP contribution is -2.41. The van der Waals surface area contributed by atoms with Gasteiger partial charge in [0, 0.05) is 17.4 Å². The molecule has 0 aromatic heterocycles. The number of fused-ring (bicyclic) bond motifs is 1. The van der Waals surface area contributed by atoms with Gasteiger partial charge in [0.15, 0.2) is 6.42 Å². The van der Waals surface area contributed by atoms with Gasteiger partial charge in [-0.15, -0.1) is 0 Å². The van der Waals surface area contributed by atoms with Crippen LogP contribution in [0, 0.1) is 5.41 Å². The third-order valence-electron chi connectivity index (χ3n) is 6.85. The molecule has 0 saturated heterocycles. The normalized spacial score (nSPS) is 16.7. The van der Waals surface area contributed by atoms with E-state index in [0.717, 1.165) is 10.8 Å². The lowest BCUT2D eigenvalue weighted by Gasteiger charge is -2.40. The fourth-order valence-electron chi connectivity index (χ4n) is 3.96. The summed E-state index contributed by atoms with van der Waals surface area (Å²) in [7, 11) is 0. The molecular formula is C31H50N2O5P2S2. The van der Waals surface area contributed by atoms with Crippen molar-refractivity contribution in [2.24, 2.45) is 5.41 Å². The van der Waals surface area contributed by atoms with Gasteiger partial charge >= 0.3 is 11.9 Å². The van der Waals surface area contributed by atoms with E-state index in [1.54, 1.807) is 13.8 Å². The van der Waals surface area contributed by atoms with Crippen LogP contribution in [0.5, 0.6) is 5.75 Å². The number of carbonyl (C=O) groups is 2. The molecule has 7 nitrogen and oxygen atoms in total. The molecule has 5 atom stereocenters. The number of nitrogens with one attached hydrogen (secondary N) is 2. The molecule has 236 valence electrons. The van der Waals surface area contributed by atoms with E-state index in [0.29, 0.717) is 30.9 Å². The molecule has 2 N–H and O–H groups in total. The summed E-state index contributed by atoms with van der Waals surface area (Å²) < 4.78 is 18.1. The van der Waals surface area contributed by atoms with Crippen molar-refractivity contribution in [1.82, 2.24) is 10.2 Å². The zero-order chi connectivity index (χ0) is 31.9. The van der Waals surface area contributed by atoms with Crippen LogP contribution in [0.1, 0.15) is 82.1 Å². The molecule has 11 heteroatoms. The Labute approximate surface area is 263 Å². The molecule has 0 heterocycles. The van der Waals surface area contributed by atoms with Gasteiger partial charge in [0.25, 0.3) is 0 Å². The quantitative estimate of drug-likeness (QED) is 0.149. The second-order valence-electron chi connectivity index (χ2n) is 13.1. The number of rotatable bonds is 15. The smallest absolute Gasteiger partial charge is 0.323 e. The predicted octanol–water partition coefficient (Wildman–Crippen LogP) is 7.56. The Balaban J connectivity index is 2.26. The molecule has 0 fully saturated rings. The average molecular weight is 657 g/mol. The average Bonchev–Trinajstić information content (AvgIpc) is 2.90. The summed E-state index contributed by atoms with van der Waals surface area (Å²) in [5, 5.41) is 8.05. The fraction of sp³-hybridized carbons (Fsp3) is 0.613. The first kappa shape index (κ1) is 36.8. The summed E-state index contributed by atoms with van der Waals surface area (Å²) >= 11 is 11.8. The van der Waals surface area contributed by atoms with Crippen molar-refractivity contribution in [1.29, 1.82) is 0 Å². The first-order valence-electron chi connectivity index (χ1n) is 14.6. The Morgan fingerprint density at radius 1 is 0.929 bits per heavy atom. The summed E-state index contributed by atoms with van der Waals surface area (Å²) in [6, 6.07) is 12.7. The molecule has 0 amide bonds. The molecule has 0 aliphatic rings. The number of hydrogen-bond acceptors (Lipinski definition) is 7. The topological polar surface area (TPSA) is 85.9 Å². The second-order valence-corrected chi connectivity index (χ2v) is 20.9. The van der Waals surface area contributed by atoms with Gasteiger partial charge in [-0.3, -0.25) is 14.7 Å². The van der Waals surface area contributed by atoms with Crippen LogP contribution in [0.3, 0.4) is 0 Å². The Morgan fingerprint density at radius 3 is 2.17 bits per heavy atom. The Hall–Kier alpha value is -1.34. The highest BCUT2D eigenvalue weighted by Crippen LogP contribution is 2.58. The molecule has 2 aromatic rings. The van der Waals surface area contributed by atoms with E-state index in [4.69, 9.17) is 37.6 Å². The summed E-state index contributed by atoms with van der Waals surface area (Å²) in [4.78, 5) is 25.7.